The van der Waals surface area contributed by atoms with Crippen molar-refractivity contribution in [1.29, 1.82) is 0 Å². The van der Waals surface area contributed by atoms with E-state index in [0.717, 1.165) is 6.16 Å². The third kappa shape index (κ3) is 4.98. The van der Waals surface area contributed by atoms with Gasteiger partial charge in [0.05, 0.1) is 0 Å². The van der Waals surface area contributed by atoms with Gasteiger partial charge in [-0.3, -0.25) is 0 Å². The topological polar surface area (TPSA) is 20.2 Å². The van der Waals surface area contributed by atoms with Crippen molar-refractivity contribution >= 4 is 7.26 Å². The summed E-state index contributed by atoms with van der Waals surface area (Å²) < 4.78 is 0. The average molecular weight is 206 g/mol. The Hall–Kier alpha value is 0.390. The van der Waals surface area contributed by atoms with Crippen molar-refractivity contribution in [3.05, 3.63) is 0 Å². The van der Waals surface area contributed by atoms with Crippen LogP contribution in [0.25, 0.3) is 0 Å². The zero-order valence-electron chi connectivity index (χ0n) is 9.60. The molecule has 0 saturated carbocycles. The number of hydrogen-bond acceptors (Lipinski definition) is 1. The van der Waals surface area contributed by atoms with E-state index < -0.39 is 7.26 Å². The van der Waals surface area contributed by atoms with Gasteiger partial charge in [0.25, 0.3) is 0 Å². The number of aliphatic hydroxyl groups is 1. The summed E-state index contributed by atoms with van der Waals surface area (Å²) in [7, 11) is -1.05. The Kier molecular flexibility index (Phi) is 8.00. The van der Waals surface area contributed by atoms with E-state index in [4.69, 9.17) is 5.11 Å². The molecule has 82 valence electrons. The normalized spacial score (nSPS) is 13.2. The van der Waals surface area contributed by atoms with Crippen molar-refractivity contribution in [2.75, 3.05) is 31.3 Å². The molecule has 0 spiro atoms. The Bertz CT molecular complexity index is 85.1. The van der Waals surface area contributed by atoms with Crippen LogP contribution in [0.5, 0.6) is 0 Å². The molecule has 0 rings (SSSR count). The van der Waals surface area contributed by atoms with Crippen LogP contribution in [0.15, 0.2) is 0 Å². The van der Waals surface area contributed by atoms with Crippen molar-refractivity contribution < 1.29 is 5.11 Å². The Morgan fingerprint density at radius 2 is 1.15 bits per heavy atom. The van der Waals surface area contributed by atoms with Crippen LogP contribution in [-0.2, 0) is 0 Å². The molecule has 0 heterocycles. The van der Waals surface area contributed by atoms with E-state index >= 15 is 0 Å². The van der Waals surface area contributed by atoms with Gasteiger partial charge in [0.15, 0.2) is 0 Å². The van der Waals surface area contributed by atoms with Crippen molar-refractivity contribution in [3.8, 4) is 0 Å². The second-order valence-corrected chi connectivity index (χ2v) is 9.22. The fourth-order valence-electron chi connectivity index (χ4n) is 2.58. The van der Waals surface area contributed by atoms with E-state index in [-0.39, 0.29) is 0 Å². The molecule has 0 aliphatic heterocycles. The van der Waals surface area contributed by atoms with Crippen molar-refractivity contribution in [3.63, 3.8) is 0 Å². The van der Waals surface area contributed by atoms with Gasteiger partial charge in [-0.15, -0.1) is 0 Å². The van der Waals surface area contributed by atoms with Crippen LogP contribution < -0.4 is 0 Å². The first-order valence-electron chi connectivity index (χ1n) is 5.85. The Morgan fingerprint density at radius 1 is 0.769 bits per heavy atom. The maximum atomic E-state index is 9.12. The van der Waals surface area contributed by atoms with Crippen molar-refractivity contribution in [1.82, 2.24) is 0 Å². The molecule has 0 aliphatic rings. The van der Waals surface area contributed by atoms with Crippen molar-refractivity contribution in [2.24, 2.45) is 0 Å². The SMILES string of the molecule is CCC[PH](CCC)(CCC)CCO. The maximum absolute atomic E-state index is 9.12. The van der Waals surface area contributed by atoms with E-state index in [0.29, 0.717) is 6.61 Å². The van der Waals surface area contributed by atoms with Gasteiger partial charge in [0.1, 0.15) is 0 Å². The Balaban J connectivity index is 4.19. The predicted octanol–water partition coefficient (Wildman–Crippen LogP) is 2.96. The molecule has 0 aromatic heterocycles. The quantitative estimate of drug-likeness (QED) is 0.605. The summed E-state index contributed by atoms with van der Waals surface area (Å²) in [4.78, 5) is 0. The number of aliphatic hydroxyl groups excluding tert-OH is 1. The zero-order chi connectivity index (χ0) is 10.2. The van der Waals surface area contributed by atoms with Crippen LogP contribution in [0.4, 0.5) is 0 Å². The second-order valence-electron chi connectivity index (χ2n) is 4.22. The summed E-state index contributed by atoms with van der Waals surface area (Å²) >= 11 is 0. The molecule has 0 aromatic rings. The second kappa shape index (κ2) is 7.76. The minimum atomic E-state index is -1.05. The summed E-state index contributed by atoms with van der Waals surface area (Å²) in [5, 5.41) is 9.12. The fourth-order valence-corrected chi connectivity index (χ4v) is 7.73. The van der Waals surface area contributed by atoms with Crippen LogP contribution >= 0.6 is 7.26 Å². The van der Waals surface area contributed by atoms with Crippen LogP contribution in [-0.4, -0.2) is 36.4 Å². The third-order valence-corrected chi connectivity index (χ3v) is 8.95. The van der Waals surface area contributed by atoms with E-state index in [1.807, 2.05) is 0 Å². The van der Waals surface area contributed by atoms with Gasteiger partial charge in [-0.1, -0.05) is 0 Å². The van der Waals surface area contributed by atoms with Gasteiger partial charge in [-0.2, -0.15) is 0 Å². The Labute approximate surface area is 84.3 Å². The van der Waals surface area contributed by atoms with Crippen LogP contribution in [0.2, 0.25) is 0 Å². The third-order valence-electron chi connectivity index (χ3n) is 2.98. The fraction of sp³-hybridized carbons (Fsp3) is 1.00. The summed E-state index contributed by atoms with van der Waals surface area (Å²) in [6.45, 7) is 7.27. The molecule has 0 unspecified atom stereocenters. The molecule has 0 atom stereocenters. The summed E-state index contributed by atoms with van der Waals surface area (Å²) in [6.07, 6.45) is 9.35. The van der Waals surface area contributed by atoms with E-state index in [1.165, 1.54) is 37.7 Å². The molecule has 0 bridgehead atoms. The van der Waals surface area contributed by atoms with Crippen LogP contribution in [0, 0.1) is 0 Å². The van der Waals surface area contributed by atoms with Gasteiger partial charge in [0, 0.05) is 0 Å². The van der Waals surface area contributed by atoms with Crippen LogP contribution in [0.3, 0.4) is 0 Å². The zero-order valence-corrected chi connectivity index (χ0v) is 10.6. The monoisotopic (exact) mass is 206 g/mol. The van der Waals surface area contributed by atoms with Gasteiger partial charge >= 0.3 is 83.7 Å². The molecule has 1 N–H and O–H groups in total. The van der Waals surface area contributed by atoms with Crippen LogP contribution in [0.1, 0.15) is 40.0 Å². The summed E-state index contributed by atoms with van der Waals surface area (Å²) in [5.41, 5.74) is 0. The molecular formula is C11H27OP. The first-order chi connectivity index (χ1) is 6.24. The summed E-state index contributed by atoms with van der Waals surface area (Å²) in [5.74, 6) is 0. The van der Waals surface area contributed by atoms with Gasteiger partial charge in [-0.25, -0.2) is 0 Å². The van der Waals surface area contributed by atoms with Gasteiger partial charge < -0.3 is 0 Å². The molecule has 2 heteroatoms. The van der Waals surface area contributed by atoms with Gasteiger partial charge in [0.2, 0.25) is 0 Å². The van der Waals surface area contributed by atoms with E-state index in [9.17, 15) is 0 Å². The van der Waals surface area contributed by atoms with E-state index in [1.54, 1.807) is 0 Å². The van der Waals surface area contributed by atoms with Gasteiger partial charge in [-0.05, 0) is 0 Å². The predicted molar refractivity (Wildman–Crippen MR) is 65.7 cm³/mol. The van der Waals surface area contributed by atoms with Crippen molar-refractivity contribution in [2.45, 2.75) is 40.0 Å². The number of hydrogen-bond donors (Lipinski definition) is 1. The molecular weight excluding hydrogens is 179 g/mol. The van der Waals surface area contributed by atoms with E-state index in [2.05, 4.69) is 20.8 Å². The molecule has 1 nitrogen and oxygen atoms in total. The minimum absolute atomic E-state index is 0.423. The molecule has 0 aliphatic carbocycles. The molecule has 0 fully saturated rings. The molecule has 0 aromatic carbocycles. The number of rotatable bonds is 8. The first-order valence-corrected chi connectivity index (χ1v) is 8.68. The standard InChI is InChI=1S/C11H27OP/c1-4-8-13(9-5-2,10-6-3)11-7-12/h12-13H,4-11H2,1-3H3. The molecule has 13 heavy (non-hydrogen) atoms. The molecule has 0 radical (unpaired) electrons. The summed E-state index contributed by atoms with van der Waals surface area (Å²) in [6, 6.07) is 0. The first kappa shape index (κ1) is 13.4. The Morgan fingerprint density at radius 3 is 1.38 bits per heavy atom. The molecule has 0 amide bonds. The molecule has 0 saturated heterocycles. The average Bonchev–Trinajstić information content (AvgIpc) is 2.06.